The summed E-state index contributed by atoms with van der Waals surface area (Å²) < 4.78 is 10.3. The van der Waals surface area contributed by atoms with Crippen LogP contribution in [0.15, 0.2) is 96.7 Å². The number of hydrogen-bond donors (Lipinski definition) is 9. The number of pyridine rings is 1. The van der Waals surface area contributed by atoms with Crippen LogP contribution in [0.5, 0.6) is 28.7 Å². The molecular formula is C41H36N6O12. The number of nitrogens with zero attached hydrogens (tertiary/aromatic N) is 1. The molecule has 302 valence electrons. The number of carbonyl (C=O) groups excluding carboxylic acids is 5. The van der Waals surface area contributed by atoms with Crippen LogP contribution in [0.3, 0.4) is 0 Å². The fraction of sp³-hybridized carbons (Fsp3) is 0.0976. The van der Waals surface area contributed by atoms with Crippen molar-refractivity contribution in [3.05, 3.63) is 125 Å². The first-order chi connectivity index (χ1) is 28.2. The second-order valence-corrected chi connectivity index (χ2v) is 12.4. The first kappa shape index (κ1) is 41.7. The van der Waals surface area contributed by atoms with Gasteiger partial charge >= 0.3 is 5.97 Å². The Hall–Kier alpha value is -8.41. The minimum absolute atomic E-state index is 0.00419. The van der Waals surface area contributed by atoms with Crippen molar-refractivity contribution in [2.45, 2.75) is 6.92 Å². The topological polar surface area (TPSA) is 275 Å². The van der Waals surface area contributed by atoms with Crippen molar-refractivity contribution < 1.29 is 58.7 Å². The number of nitrogens with one attached hydrogen (secondary N) is 5. The SMILES string of the molecule is COc1c(NC(=O)c2ccc(NC(=O)c3ccc(NC(=O)CNC(=O)c4ccc(NC(=O)/C(C)=C/c5ccc(O)cc5)nc4)cc3)c(OC)c2O)ccc(C(=O)O)c1O. The van der Waals surface area contributed by atoms with E-state index < -0.39 is 59.1 Å². The van der Waals surface area contributed by atoms with Crippen molar-refractivity contribution in [1.82, 2.24) is 10.3 Å². The summed E-state index contributed by atoms with van der Waals surface area (Å²) in [5, 5.41) is 52.5. The highest BCUT2D eigenvalue weighted by atomic mass is 16.5. The Morgan fingerprint density at radius 1 is 0.644 bits per heavy atom. The molecule has 1 aromatic heterocycles. The summed E-state index contributed by atoms with van der Waals surface area (Å²) in [5.74, 6) is -6.13. The third kappa shape index (κ3) is 10.3. The number of aromatic hydroxyl groups is 3. The zero-order valence-corrected chi connectivity index (χ0v) is 31.4. The van der Waals surface area contributed by atoms with Crippen LogP contribution in [-0.2, 0) is 9.59 Å². The van der Waals surface area contributed by atoms with E-state index in [4.69, 9.17) is 9.47 Å². The van der Waals surface area contributed by atoms with E-state index in [1.165, 1.54) is 80.0 Å². The number of phenols is 3. The molecule has 5 rings (SSSR count). The summed E-state index contributed by atoms with van der Waals surface area (Å²) >= 11 is 0. The van der Waals surface area contributed by atoms with Gasteiger partial charge in [0.25, 0.3) is 23.6 Å². The van der Waals surface area contributed by atoms with E-state index in [0.717, 1.165) is 13.2 Å². The minimum atomic E-state index is -1.42. The normalized spacial score (nSPS) is 10.8. The molecule has 4 aromatic carbocycles. The standard InChI is InChI=1S/C41H36N6O12/c1-21(18-22-4-11-26(48)12-5-22)37(52)47-31-17-8-24(19-42-31)38(53)43-20-32(49)44-25-9-6-23(7-10-25)39(54)45-29-15-13-27(33(50)35(29)58-2)40(55)46-30-16-14-28(41(56)57)34(51)36(30)59-3/h4-19,48,50-51H,20H2,1-3H3,(H,43,53)(H,44,49)(H,45,54)(H,46,55)(H,56,57)(H,42,47,52)/b21-18+. The molecular weight excluding hydrogens is 768 g/mol. The van der Waals surface area contributed by atoms with E-state index in [0.29, 0.717) is 16.8 Å². The molecule has 59 heavy (non-hydrogen) atoms. The number of aromatic nitrogens is 1. The number of methoxy groups -OCH3 is 2. The van der Waals surface area contributed by atoms with Gasteiger partial charge in [-0.15, -0.1) is 0 Å². The zero-order chi connectivity index (χ0) is 42.8. The quantitative estimate of drug-likeness (QED) is 0.0682. The molecule has 0 spiro atoms. The van der Waals surface area contributed by atoms with Crippen LogP contribution in [0.2, 0.25) is 0 Å². The fourth-order valence-corrected chi connectivity index (χ4v) is 5.37. The molecule has 1 heterocycles. The van der Waals surface area contributed by atoms with Gasteiger partial charge in [0.1, 0.15) is 17.1 Å². The van der Waals surface area contributed by atoms with Gasteiger partial charge in [-0.3, -0.25) is 24.0 Å². The van der Waals surface area contributed by atoms with Gasteiger partial charge in [0.2, 0.25) is 5.91 Å². The van der Waals surface area contributed by atoms with Gasteiger partial charge in [-0.05, 0) is 91.4 Å². The van der Waals surface area contributed by atoms with Crippen molar-refractivity contribution in [2.24, 2.45) is 0 Å². The molecule has 0 bridgehead atoms. The van der Waals surface area contributed by atoms with Crippen molar-refractivity contribution in [3.63, 3.8) is 0 Å². The molecule has 0 aliphatic carbocycles. The number of amides is 5. The second kappa shape index (κ2) is 18.5. The number of rotatable bonds is 14. The number of phenolic OH excluding ortho intramolecular Hbond substituents is 2. The van der Waals surface area contributed by atoms with Gasteiger partial charge in [0.15, 0.2) is 23.0 Å². The summed E-state index contributed by atoms with van der Waals surface area (Å²) in [5.41, 5.74) is 0.865. The van der Waals surface area contributed by atoms with Gasteiger partial charge in [-0.1, -0.05) is 12.1 Å². The molecule has 18 nitrogen and oxygen atoms in total. The number of benzene rings is 4. The molecule has 0 saturated carbocycles. The van der Waals surface area contributed by atoms with Crippen molar-refractivity contribution in [1.29, 1.82) is 0 Å². The van der Waals surface area contributed by atoms with Gasteiger partial charge < -0.3 is 56.5 Å². The number of anilines is 4. The van der Waals surface area contributed by atoms with Crippen LogP contribution >= 0.6 is 0 Å². The summed E-state index contributed by atoms with van der Waals surface area (Å²) in [6.07, 6.45) is 2.88. The van der Waals surface area contributed by atoms with Crippen LogP contribution in [-0.4, -0.2) is 81.7 Å². The third-order valence-corrected chi connectivity index (χ3v) is 8.38. The van der Waals surface area contributed by atoms with E-state index in [1.54, 1.807) is 25.1 Å². The molecule has 0 aliphatic heterocycles. The third-order valence-electron chi connectivity index (χ3n) is 8.38. The molecule has 9 N–H and O–H groups in total. The van der Waals surface area contributed by atoms with Crippen molar-refractivity contribution in [3.8, 4) is 28.7 Å². The van der Waals surface area contributed by atoms with Gasteiger partial charge in [-0.2, -0.15) is 0 Å². The average molecular weight is 805 g/mol. The maximum Gasteiger partial charge on any atom is 0.339 e. The van der Waals surface area contributed by atoms with E-state index in [1.807, 2.05) is 0 Å². The summed E-state index contributed by atoms with van der Waals surface area (Å²) in [4.78, 5) is 79.3. The molecule has 0 saturated heterocycles. The number of ether oxygens (including phenoxy) is 2. The lowest BCUT2D eigenvalue weighted by Gasteiger charge is -2.16. The Labute approximate surface area is 335 Å². The maximum absolute atomic E-state index is 13.1. The Kier molecular flexibility index (Phi) is 13.1. The first-order valence-corrected chi connectivity index (χ1v) is 17.3. The maximum atomic E-state index is 13.1. The summed E-state index contributed by atoms with van der Waals surface area (Å²) in [6.45, 7) is 1.22. The van der Waals surface area contributed by atoms with Crippen molar-refractivity contribution in [2.75, 3.05) is 42.0 Å². The highest BCUT2D eigenvalue weighted by molar-refractivity contribution is 6.10. The average Bonchev–Trinajstić information content (AvgIpc) is 3.21. The number of hydrogen-bond acceptors (Lipinski definition) is 12. The highest BCUT2D eigenvalue weighted by Crippen LogP contribution is 2.40. The monoisotopic (exact) mass is 804 g/mol. The van der Waals surface area contributed by atoms with E-state index in [9.17, 15) is 49.2 Å². The number of carboxylic acid groups (broad SMARTS) is 1. The molecule has 0 radical (unpaired) electrons. The Morgan fingerprint density at radius 2 is 1.22 bits per heavy atom. The fourth-order valence-electron chi connectivity index (χ4n) is 5.37. The Bertz CT molecular complexity index is 2470. The summed E-state index contributed by atoms with van der Waals surface area (Å²) in [6, 6.07) is 19.7. The molecule has 5 amide bonds. The Balaban J connectivity index is 1.12. The number of carbonyl (C=O) groups is 6. The van der Waals surface area contributed by atoms with Crippen LogP contribution in [0, 0.1) is 0 Å². The molecule has 0 unspecified atom stereocenters. The lowest BCUT2D eigenvalue weighted by atomic mass is 10.1. The largest absolute Gasteiger partial charge is 0.508 e. The molecule has 0 atom stereocenters. The molecule has 0 fully saturated rings. The minimum Gasteiger partial charge on any atom is -0.508 e. The van der Waals surface area contributed by atoms with E-state index in [2.05, 4.69) is 31.6 Å². The van der Waals surface area contributed by atoms with Crippen LogP contribution in [0.25, 0.3) is 6.08 Å². The van der Waals surface area contributed by atoms with Gasteiger partial charge in [0, 0.05) is 23.0 Å². The highest BCUT2D eigenvalue weighted by Gasteiger charge is 2.24. The number of aromatic carboxylic acids is 1. The first-order valence-electron chi connectivity index (χ1n) is 17.3. The van der Waals surface area contributed by atoms with Gasteiger partial charge in [0.05, 0.1) is 43.3 Å². The predicted octanol–water partition coefficient (Wildman–Crippen LogP) is 4.83. The predicted molar refractivity (Wildman–Crippen MR) is 214 cm³/mol. The van der Waals surface area contributed by atoms with E-state index in [-0.39, 0.29) is 51.1 Å². The summed E-state index contributed by atoms with van der Waals surface area (Å²) in [7, 11) is 2.37. The lowest BCUT2D eigenvalue weighted by molar-refractivity contribution is -0.115. The molecule has 18 heteroatoms. The Morgan fingerprint density at radius 3 is 1.80 bits per heavy atom. The molecule has 0 aliphatic rings. The second-order valence-electron chi connectivity index (χ2n) is 12.4. The van der Waals surface area contributed by atoms with Crippen LogP contribution in [0.4, 0.5) is 22.9 Å². The zero-order valence-electron chi connectivity index (χ0n) is 31.4. The van der Waals surface area contributed by atoms with Crippen LogP contribution in [0.1, 0.15) is 53.9 Å². The van der Waals surface area contributed by atoms with Crippen LogP contribution < -0.4 is 36.1 Å². The van der Waals surface area contributed by atoms with Crippen molar-refractivity contribution >= 4 is 64.5 Å². The number of carboxylic acids is 1. The smallest absolute Gasteiger partial charge is 0.339 e. The van der Waals surface area contributed by atoms with E-state index >= 15 is 0 Å². The van der Waals surface area contributed by atoms with Gasteiger partial charge in [-0.25, -0.2) is 9.78 Å². The molecule has 5 aromatic rings. The lowest BCUT2D eigenvalue weighted by Crippen LogP contribution is -2.32.